The number of aromatic amines is 1. The summed E-state index contributed by atoms with van der Waals surface area (Å²) in [5, 5.41) is 14.8. The minimum atomic E-state index is -4.11. The van der Waals surface area contributed by atoms with E-state index < -0.39 is 12.8 Å². The van der Waals surface area contributed by atoms with Crippen molar-refractivity contribution in [2.45, 2.75) is 0 Å². The maximum atomic E-state index is 14.4. The Morgan fingerprint density at radius 2 is 0.973 bits per heavy atom. The summed E-state index contributed by atoms with van der Waals surface area (Å²) in [6.45, 7) is -4.11. The summed E-state index contributed by atoms with van der Waals surface area (Å²) >= 11 is 0. The van der Waals surface area contributed by atoms with E-state index in [4.69, 9.17) is 4.52 Å². The number of aromatic nitrogens is 3. The van der Waals surface area contributed by atoms with E-state index in [2.05, 4.69) is 63.9 Å². The Labute approximate surface area is 214 Å². The molecule has 0 aliphatic heterocycles. The van der Waals surface area contributed by atoms with E-state index >= 15 is 0 Å². The fourth-order valence-corrected chi connectivity index (χ4v) is 10.8. The zero-order chi connectivity index (χ0) is 25.2. The van der Waals surface area contributed by atoms with Crippen molar-refractivity contribution in [3.8, 4) is 0 Å². The molecule has 1 aromatic heterocycles. The van der Waals surface area contributed by atoms with Crippen LogP contribution in [0, 0.1) is 0 Å². The monoisotopic (exact) mass is 501 g/mol. The Morgan fingerprint density at radius 3 is 1.41 bits per heavy atom. The first kappa shape index (κ1) is 22.8. The van der Waals surface area contributed by atoms with E-state index in [1.165, 1.54) is 0 Å². The number of rotatable bonds is 6. The zero-order valence-electron chi connectivity index (χ0n) is 19.9. The quantitative estimate of drug-likeness (QED) is 0.330. The molecule has 180 valence electrons. The van der Waals surface area contributed by atoms with Gasteiger partial charge in [0.05, 0.1) is 0 Å². The molecule has 5 nitrogen and oxygen atoms in total. The van der Waals surface area contributed by atoms with Crippen LogP contribution in [0.5, 0.6) is 0 Å². The molecule has 1 heterocycles. The van der Waals surface area contributed by atoms with Gasteiger partial charge < -0.3 is 0 Å². The summed E-state index contributed by atoms with van der Waals surface area (Å²) < 4.78 is 7.14. The van der Waals surface area contributed by atoms with Gasteiger partial charge >= 0.3 is 215 Å². The van der Waals surface area contributed by atoms with Crippen LogP contribution in [-0.2, 0) is 4.52 Å². The Balaban J connectivity index is 1.78. The Morgan fingerprint density at radius 1 is 0.541 bits per heavy atom. The summed E-state index contributed by atoms with van der Waals surface area (Å²) in [6.07, 6.45) is 0. The molecule has 6 aromatic rings. The van der Waals surface area contributed by atoms with Gasteiger partial charge in [0.25, 0.3) is 0 Å². The van der Waals surface area contributed by atoms with Crippen LogP contribution >= 0.6 is 6.83 Å². The molecule has 1 N–H and O–H groups in total. The average Bonchev–Trinajstić information content (AvgIpc) is 3.47. The normalized spacial score (nSPS) is 12.5. The molecule has 0 saturated carbocycles. The predicted octanol–water partition coefficient (Wildman–Crippen LogP) is 4.89. The molecule has 37 heavy (non-hydrogen) atoms. The molecule has 0 aliphatic rings. The average molecular weight is 502 g/mol. The summed E-state index contributed by atoms with van der Waals surface area (Å²) in [4.78, 5) is 14.4. The molecule has 0 spiro atoms. The van der Waals surface area contributed by atoms with E-state index in [1.807, 2.05) is 78.9 Å². The van der Waals surface area contributed by atoms with Crippen molar-refractivity contribution in [1.29, 1.82) is 0 Å². The molecule has 0 fully saturated rings. The van der Waals surface area contributed by atoms with Crippen LogP contribution in [0.2, 0.25) is 0 Å². The van der Waals surface area contributed by atoms with Crippen LogP contribution in [0.3, 0.4) is 0 Å². The van der Waals surface area contributed by atoms with E-state index in [9.17, 15) is 4.79 Å². The second-order valence-corrected chi connectivity index (χ2v) is 13.1. The van der Waals surface area contributed by atoms with Gasteiger partial charge in [-0.1, -0.05) is 0 Å². The van der Waals surface area contributed by atoms with Gasteiger partial charge in [-0.2, -0.15) is 0 Å². The molecular formula is C31H24N3O2P. The summed E-state index contributed by atoms with van der Waals surface area (Å²) in [5.74, 6) is -0.461. The molecule has 0 bridgehead atoms. The number of H-pyrrole nitrogens is 1. The van der Waals surface area contributed by atoms with Crippen LogP contribution < -0.4 is 21.2 Å². The summed E-state index contributed by atoms with van der Waals surface area (Å²) in [5.41, 5.74) is 1.44. The fraction of sp³-hybridized carbons (Fsp3) is 0. The third-order valence-electron chi connectivity index (χ3n) is 6.83. The second-order valence-electron chi connectivity index (χ2n) is 8.75. The third kappa shape index (κ3) is 3.40. The number of nitrogens with zero attached hydrogens (tertiary/aromatic N) is 2. The SMILES string of the molecule is O=C(OP(c1ccccc1)(c1ccccc1)(c1ccccc1)c1ccccc1)c1cccc2n[nH]nc12. The Kier molecular flexibility index (Phi) is 5.63. The first-order chi connectivity index (χ1) is 18.2. The van der Waals surface area contributed by atoms with Crippen molar-refractivity contribution in [2.24, 2.45) is 0 Å². The van der Waals surface area contributed by atoms with Crippen molar-refractivity contribution in [1.82, 2.24) is 15.4 Å². The van der Waals surface area contributed by atoms with E-state index in [-0.39, 0.29) is 0 Å². The molecular weight excluding hydrogens is 477 g/mol. The van der Waals surface area contributed by atoms with Crippen LogP contribution in [0.4, 0.5) is 0 Å². The van der Waals surface area contributed by atoms with Gasteiger partial charge in [0.2, 0.25) is 0 Å². The number of fused-ring (bicyclic) bond motifs is 1. The number of nitrogens with one attached hydrogen (secondary N) is 1. The van der Waals surface area contributed by atoms with Gasteiger partial charge in [-0.05, 0) is 0 Å². The minimum absolute atomic E-state index is 0.360. The maximum absolute atomic E-state index is 14.4. The van der Waals surface area contributed by atoms with E-state index in [0.717, 1.165) is 21.2 Å². The summed E-state index contributed by atoms with van der Waals surface area (Å²) in [7, 11) is 0. The van der Waals surface area contributed by atoms with Gasteiger partial charge in [0, 0.05) is 0 Å². The van der Waals surface area contributed by atoms with E-state index in [1.54, 1.807) is 12.1 Å². The molecule has 5 aromatic carbocycles. The van der Waals surface area contributed by atoms with Crippen molar-refractivity contribution in [3.05, 3.63) is 145 Å². The molecule has 0 amide bonds. The van der Waals surface area contributed by atoms with Crippen molar-refractivity contribution in [2.75, 3.05) is 0 Å². The predicted molar refractivity (Wildman–Crippen MR) is 151 cm³/mol. The second kappa shape index (κ2) is 9.12. The zero-order valence-corrected chi connectivity index (χ0v) is 20.8. The van der Waals surface area contributed by atoms with Gasteiger partial charge in [-0.25, -0.2) is 0 Å². The van der Waals surface area contributed by atoms with Crippen molar-refractivity contribution in [3.63, 3.8) is 0 Å². The van der Waals surface area contributed by atoms with Gasteiger partial charge in [0.1, 0.15) is 0 Å². The van der Waals surface area contributed by atoms with Gasteiger partial charge in [-0.3, -0.25) is 0 Å². The summed E-state index contributed by atoms with van der Waals surface area (Å²) in [6, 6.07) is 45.8. The third-order valence-corrected chi connectivity index (χ3v) is 12.5. The molecule has 0 atom stereocenters. The Hall–Kier alpha value is -4.60. The van der Waals surface area contributed by atoms with Crippen LogP contribution in [0.1, 0.15) is 10.4 Å². The van der Waals surface area contributed by atoms with Crippen molar-refractivity contribution < 1.29 is 9.32 Å². The number of carbonyl (C=O) groups is 1. The number of benzene rings is 5. The van der Waals surface area contributed by atoms with Gasteiger partial charge in [0.15, 0.2) is 0 Å². The molecule has 6 rings (SSSR count). The number of hydrogen-bond donors (Lipinski definition) is 1. The number of para-hydroxylation sites is 1. The van der Waals surface area contributed by atoms with E-state index in [0.29, 0.717) is 16.6 Å². The number of hydrogen-bond acceptors (Lipinski definition) is 4. The standard InChI is InChI=1S/C31H24N3O2P/c35-31(28-22-13-23-29-30(28)33-34-32-29)36-37(24-14-5-1-6-15-24,25-16-7-2-8-17-25,26-18-9-3-10-19-26)27-20-11-4-12-21-27/h1-23H,(H,32,33,34). The van der Waals surface area contributed by atoms with Crippen molar-refractivity contribution >= 4 is 45.1 Å². The van der Waals surface area contributed by atoms with Crippen LogP contribution in [-0.4, -0.2) is 21.4 Å². The molecule has 6 heteroatoms. The first-order valence-corrected chi connectivity index (χ1v) is 14.2. The Bertz CT molecular complexity index is 1500. The molecule has 0 radical (unpaired) electrons. The topological polar surface area (TPSA) is 67.9 Å². The molecule has 0 unspecified atom stereocenters. The number of carbonyl (C=O) groups excluding carboxylic acids is 1. The van der Waals surface area contributed by atoms with Gasteiger partial charge in [-0.15, -0.1) is 0 Å². The molecule has 0 aliphatic carbocycles. The van der Waals surface area contributed by atoms with Crippen LogP contribution in [0.15, 0.2) is 140 Å². The first-order valence-electron chi connectivity index (χ1n) is 12.0. The molecule has 0 saturated heterocycles. The fourth-order valence-electron chi connectivity index (χ4n) is 5.20. The van der Waals surface area contributed by atoms with Crippen LogP contribution in [0.25, 0.3) is 11.0 Å².